The van der Waals surface area contributed by atoms with Crippen molar-refractivity contribution in [2.24, 2.45) is 7.05 Å². The standard InChI is InChI=1S/C11H11BrN4O/c1-7-6-9(16(2)15-7)14-11(17)8-4-3-5-13-10(8)12/h3-6H,1-2H3,(H,14,17). The SMILES string of the molecule is Cc1cc(NC(=O)c2cccnc2Br)n(C)n1. The molecular weight excluding hydrogens is 284 g/mol. The van der Waals surface area contributed by atoms with Crippen molar-refractivity contribution in [3.63, 3.8) is 0 Å². The quantitative estimate of drug-likeness (QED) is 0.863. The first-order valence-electron chi connectivity index (χ1n) is 5.00. The van der Waals surface area contributed by atoms with E-state index in [2.05, 4.69) is 31.3 Å². The number of aryl methyl sites for hydroxylation is 2. The van der Waals surface area contributed by atoms with Crippen molar-refractivity contribution in [1.82, 2.24) is 14.8 Å². The van der Waals surface area contributed by atoms with Gasteiger partial charge in [0.1, 0.15) is 10.4 Å². The van der Waals surface area contributed by atoms with Crippen LogP contribution in [0.4, 0.5) is 5.82 Å². The molecule has 2 aromatic rings. The Kier molecular flexibility index (Phi) is 3.23. The van der Waals surface area contributed by atoms with Crippen LogP contribution in [0.15, 0.2) is 29.0 Å². The van der Waals surface area contributed by atoms with Gasteiger partial charge in [0.2, 0.25) is 0 Å². The zero-order chi connectivity index (χ0) is 12.4. The Morgan fingerprint density at radius 1 is 1.53 bits per heavy atom. The van der Waals surface area contributed by atoms with Crippen molar-refractivity contribution in [3.05, 3.63) is 40.3 Å². The van der Waals surface area contributed by atoms with E-state index >= 15 is 0 Å². The van der Waals surface area contributed by atoms with Crippen LogP contribution < -0.4 is 5.32 Å². The lowest BCUT2D eigenvalue weighted by Crippen LogP contribution is -2.15. The van der Waals surface area contributed by atoms with Crippen LogP contribution in [0.2, 0.25) is 0 Å². The largest absolute Gasteiger partial charge is 0.307 e. The fourth-order valence-corrected chi connectivity index (χ4v) is 1.90. The van der Waals surface area contributed by atoms with E-state index in [-0.39, 0.29) is 5.91 Å². The molecule has 0 aliphatic carbocycles. The van der Waals surface area contributed by atoms with Crippen molar-refractivity contribution in [2.45, 2.75) is 6.92 Å². The lowest BCUT2D eigenvalue weighted by atomic mass is 10.3. The van der Waals surface area contributed by atoms with Crippen LogP contribution in [0.25, 0.3) is 0 Å². The zero-order valence-corrected chi connectivity index (χ0v) is 11.0. The van der Waals surface area contributed by atoms with Crippen molar-refractivity contribution in [2.75, 3.05) is 5.32 Å². The molecule has 0 fully saturated rings. The number of nitrogens with one attached hydrogen (secondary N) is 1. The average Bonchev–Trinajstić information content (AvgIpc) is 2.58. The molecule has 0 saturated carbocycles. The highest BCUT2D eigenvalue weighted by Crippen LogP contribution is 2.15. The second-order valence-electron chi connectivity index (χ2n) is 3.59. The number of anilines is 1. The second-order valence-corrected chi connectivity index (χ2v) is 4.34. The number of nitrogens with zero attached hydrogens (tertiary/aromatic N) is 3. The summed E-state index contributed by atoms with van der Waals surface area (Å²) in [5.41, 5.74) is 1.35. The molecule has 0 radical (unpaired) electrons. The maximum Gasteiger partial charge on any atom is 0.259 e. The average molecular weight is 295 g/mol. The van der Waals surface area contributed by atoms with E-state index in [1.54, 1.807) is 30.1 Å². The highest BCUT2D eigenvalue weighted by molar-refractivity contribution is 9.10. The zero-order valence-electron chi connectivity index (χ0n) is 9.44. The highest BCUT2D eigenvalue weighted by atomic mass is 79.9. The number of hydrogen-bond acceptors (Lipinski definition) is 3. The van der Waals surface area contributed by atoms with E-state index in [4.69, 9.17) is 0 Å². The van der Waals surface area contributed by atoms with Gasteiger partial charge in [0, 0.05) is 19.3 Å². The summed E-state index contributed by atoms with van der Waals surface area (Å²) in [6, 6.07) is 5.23. The third kappa shape index (κ3) is 2.52. The Morgan fingerprint density at radius 3 is 2.88 bits per heavy atom. The predicted octanol–water partition coefficient (Wildman–Crippen LogP) is 2.14. The Hall–Kier alpha value is -1.69. The molecule has 0 spiro atoms. The third-order valence-corrected chi connectivity index (χ3v) is 2.88. The first-order valence-corrected chi connectivity index (χ1v) is 5.80. The molecule has 2 heterocycles. The first-order chi connectivity index (χ1) is 8.08. The maximum atomic E-state index is 12.0. The van der Waals surface area contributed by atoms with Gasteiger partial charge in [-0.3, -0.25) is 9.48 Å². The van der Waals surface area contributed by atoms with Crippen LogP contribution in [0, 0.1) is 6.92 Å². The van der Waals surface area contributed by atoms with Gasteiger partial charge in [0.05, 0.1) is 11.3 Å². The molecule has 2 aromatic heterocycles. The molecule has 0 atom stereocenters. The molecule has 88 valence electrons. The van der Waals surface area contributed by atoms with Gasteiger partial charge < -0.3 is 5.32 Å². The fraction of sp³-hybridized carbons (Fsp3) is 0.182. The number of aromatic nitrogens is 3. The Bertz CT molecular complexity index is 564. The molecular formula is C11H11BrN4O. The lowest BCUT2D eigenvalue weighted by Gasteiger charge is -2.05. The molecule has 0 unspecified atom stereocenters. The summed E-state index contributed by atoms with van der Waals surface area (Å²) in [4.78, 5) is 16.0. The second kappa shape index (κ2) is 4.67. The molecule has 5 nitrogen and oxygen atoms in total. The van der Waals surface area contributed by atoms with Gasteiger partial charge in [-0.15, -0.1) is 0 Å². The number of carbonyl (C=O) groups excluding carboxylic acids is 1. The molecule has 0 aliphatic heterocycles. The molecule has 1 N–H and O–H groups in total. The number of rotatable bonds is 2. The van der Waals surface area contributed by atoms with Gasteiger partial charge in [-0.1, -0.05) is 0 Å². The minimum absolute atomic E-state index is 0.215. The van der Waals surface area contributed by atoms with Crippen molar-refractivity contribution in [3.8, 4) is 0 Å². The lowest BCUT2D eigenvalue weighted by molar-refractivity contribution is 0.102. The Labute approximate surface area is 107 Å². The van der Waals surface area contributed by atoms with Gasteiger partial charge in [0.25, 0.3) is 5.91 Å². The van der Waals surface area contributed by atoms with E-state index in [0.29, 0.717) is 16.0 Å². The highest BCUT2D eigenvalue weighted by Gasteiger charge is 2.12. The van der Waals surface area contributed by atoms with Crippen LogP contribution >= 0.6 is 15.9 Å². The minimum atomic E-state index is -0.215. The van der Waals surface area contributed by atoms with Gasteiger partial charge >= 0.3 is 0 Å². The van der Waals surface area contributed by atoms with Crippen LogP contribution in [-0.4, -0.2) is 20.7 Å². The van der Waals surface area contributed by atoms with Crippen LogP contribution in [0.3, 0.4) is 0 Å². The van der Waals surface area contributed by atoms with Crippen molar-refractivity contribution < 1.29 is 4.79 Å². The molecule has 0 saturated heterocycles. The predicted molar refractivity (Wildman–Crippen MR) is 67.8 cm³/mol. The molecule has 1 amide bonds. The number of amides is 1. The summed E-state index contributed by atoms with van der Waals surface area (Å²) in [5.74, 6) is 0.441. The van der Waals surface area contributed by atoms with Crippen LogP contribution in [-0.2, 0) is 7.05 Å². The first kappa shape index (κ1) is 11.8. The van der Waals surface area contributed by atoms with Crippen LogP contribution in [0.5, 0.6) is 0 Å². The molecule has 0 aliphatic rings. The molecule has 6 heteroatoms. The van der Waals surface area contributed by atoms with E-state index < -0.39 is 0 Å². The topological polar surface area (TPSA) is 59.8 Å². The van der Waals surface area contributed by atoms with E-state index in [1.807, 2.05) is 13.0 Å². The maximum absolute atomic E-state index is 12.0. The van der Waals surface area contributed by atoms with Crippen molar-refractivity contribution in [1.29, 1.82) is 0 Å². The Balaban J connectivity index is 2.23. The number of carbonyl (C=O) groups is 1. The van der Waals surface area contributed by atoms with E-state index in [0.717, 1.165) is 5.69 Å². The third-order valence-electron chi connectivity index (χ3n) is 2.25. The van der Waals surface area contributed by atoms with Crippen molar-refractivity contribution >= 4 is 27.7 Å². The monoisotopic (exact) mass is 294 g/mol. The summed E-state index contributed by atoms with van der Waals surface area (Å²) in [6.07, 6.45) is 1.62. The molecule has 0 bridgehead atoms. The summed E-state index contributed by atoms with van der Waals surface area (Å²) in [5, 5.41) is 6.93. The molecule has 17 heavy (non-hydrogen) atoms. The van der Waals surface area contributed by atoms with Gasteiger partial charge in [-0.05, 0) is 35.0 Å². The normalized spacial score (nSPS) is 10.3. The van der Waals surface area contributed by atoms with E-state index in [9.17, 15) is 4.79 Å². The number of halogens is 1. The van der Waals surface area contributed by atoms with Gasteiger partial charge in [-0.25, -0.2) is 4.98 Å². The smallest absolute Gasteiger partial charge is 0.259 e. The molecule has 0 aromatic carbocycles. The summed E-state index contributed by atoms with van der Waals surface area (Å²) in [7, 11) is 1.78. The Morgan fingerprint density at radius 2 is 2.29 bits per heavy atom. The number of pyridine rings is 1. The fourth-order valence-electron chi connectivity index (χ4n) is 1.47. The summed E-state index contributed by atoms with van der Waals surface area (Å²) >= 11 is 3.24. The minimum Gasteiger partial charge on any atom is -0.307 e. The summed E-state index contributed by atoms with van der Waals surface area (Å²) in [6.45, 7) is 1.87. The number of hydrogen-bond donors (Lipinski definition) is 1. The van der Waals surface area contributed by atoms with Crippen LogP contribution in [0.1, 0.15) is 16.1 Å². The van der Waals surface area contributed by atoms with E-state index in [1.165, 1.54) is 0 Å². The van der Waals surface area contributed by atoms with Gasteiger partial charge in [-0.2, -0.15) is 5.10 Å². The summed E-state index contributed by atoms with van der Waals surface area (Å²) < 4.78 is 2.15. The molecule has 2 rings (SSSR count). The van der Waals surface area contributed by atoms with Gasteiger partial charge in [0.15, 0.2) is 0 Å².